The summed E-state index contributed by atoms with van der Waals surface area (Å²) >= 11 is 0. The SMILES string of the molecule is O=C(Cc1ccccc1)Nc1ccc(NC2CCCCC2)nn1. The van der Waals surface area contributed by atoms with E-state index in [9.17, 15) is 4.79 Å². The molecule has 23 heavy (non-hydrogen) atoms. The molecule has 5 heteroatoms. The highest BCUT2D eigenvalue weighted by molar-refractivity contribution is 5.91. The summed E-state index contributed by atoms with van der Waals surface area (Å²) in [4.78, 5) is 12.0. The first kappa shape index (κ1) is 15.5. The fraction of sp³-hybridized carbons (Fsp3) is 0.389. The van der Waals surface area contributed by atoms with E-state index in [1.807, 2.05) is 36.4 Å². The molecule has 0 radical (unpaired) electrons. The zero-order valence-electron chi connectivity index (χ0n) is 13.2. The maximum absolute atomic E-state index is 12.0. The minimum absolute atomic E-state index is 0.0847. The largest absolute Gasteiger partial charge is 0.366 e. The van der Waals surface area contributed by atoms with Gasteiger partial charge < -0.3 is 10.6 Å². The number of benzene rings is 1. The first-order valence-electron chi connectivity index (χ1n) is 8.23. The van der Waals surface area contributed by atoms with E-state index >= 15 is 0 Å². The van der Waals surface area contributed by atoms with Crippen molar-refractivity contribution in [2.75, 3.05) is 10.6 Å². The molecule has 1 aliphatic rings. The zero-order valence-corrected chi connectivity index (χ0v) is 13.2. The Labute approximate surface area is 136 Å². The van der Waals surface area contributed by atoms with Gasteiger partial charge in [-0.25, -0.2) is 0 Å². The molecule has 0 bridgehead atoms. The van der Waals surface area contributed by atoms with Gasteiger partial charge in [0.15, 0.2) is 5.82 Å². The second kappa shape index (κ2) is 7.72. The number of amides is 1. The van der Waals surface area contributed by atoms with Gasteiger partial charge in [0, 0.05) is 6.04 Å². The van der Waals surface area contributed by atoms with Crippen molar-refractivity contribution < 1.29 is 4.79 Å². The molecule has 0 saturated heterocycles. The van der Waals surface area contributed by atoms with Crippen molar-refractivity contribution in [2.45, 2.75) is 44.6 Å². The fourth-order valence-corrected chi connectivity index (χ4v) is 2.90. The van der Waals surface area contributed by atoms with Gasteiger partial charge in [0.25, 0.3) is 0 Å². The monoisotopic (exact) mass is 310 g/mol. The standard InChI is InChI=1S/C18H22N4O/c23-18(13-14-7-3-1-4-8-14)20-17-12-11-16(21-22-17)19-15-9-5-2-6-10-15/h1,3-4,7-8,11-12,15H,2,5-6,9-10,13H2,(H,19,21)(H,20,22,23). The number of anilines is 2. The van der Waals surface area contributed by atoms with Gasteiger partial charge in [-0.05, 0) is 30.5 Å². The Balaban J connectivity index is 1.51. The average molecular weight is 310 g/mol. The molecular formula is C18H22N4O. The van der Waals surface area contributed by atoms with E-state index in [4.69, 9.17) is 0 Å². The van der Waals surface area contributed by atoms with E-state index in [1.54, 1.807) is 6.07 Å². The molecule has 1 aliphatic carbocycles. The summed E-state index contributed by atoms with van der Waals surface area (Å²) in [7, 11) is 0. The third kappa shape index (κ3) is 4.77. The van der Waals surface area contributed by atoms with Crippen LogP contribution in [-0.2, 0) is 11.2 Å². The summed E-state index contributed by atoms with van der Waals surface area (Å²) in [6.07, 6.45) is 6.60. The number of rotatable bonds is 5. The number of carbonyl (C=O) groups excluding carboxylic acids is 1. The lowest BCUT2D eigenvalue weighted by atomic mass is 9.95. The Morgan fingerprint density at radius 1 is 0.957 bits per heavy atom. The van der Waals surface area contributed by atoms with E-state index in [1.165, 1.54) is 32.1 Å². The van der Waals surface area contributed by atoms with Crippen LogP contribution >= 0.6 is 0 Å². The molecule has 1 fully saturated rings. The van der Waals surface area contributed by atoms with Crippen LogP contribution in [0.5, 0.6) is 0 Å². The van der Waals surface area contributed by atoms with E-state index in [2.05, 4.69) is 20.8 Å². The van der Waals surface area contributed by atoms with Crippen molar-refractivity contribution in [3.63, 3.8) is 0 Å². The molecule has 0 spiro atoms. The third-order valence-electron chi connectivity index (χ3n) is 4.10. The van der Waals surface area contributed by atoms with Gasteiger partial charge >= 0.3 is 0 Å². The second-order valence-electron chi connectivity index (χ2n) is 5.99. The van der Waals surface area contributed by atoms with Gasteiger partial charge in [0.2, 0.25) is 5.91 Å². The van der Waals surface area contributed by atoms with Crippen LogP contribution in [0.2, 0.25) is 0 Å². The summed E-state index contributed by atoms with van der Waals surface area (Å²) in [5.41, 5.74) is 0.980. The van der Waals surface area contributed by atoms with Gasteiger partial charge in [0.05, 0.1) is 6.42 Å². The minimum Gasteiger partial charge on any atom is -0.366 e. The van der Waals surface area contributed by atoms with Crippen molar-refractivity contribution in [1.82, 2.24) is 10.2 Å². The molecule has 5 nitrogen and oxygen atoms in total. The second-order valence-corrected chi connectivity index (χ2v) is 5.99. The van der Waals surface area contributed by atoms with Gasteiger partial charge in [-0.1, -0.05) is 49.6 Å². The van der Waals surface area contributed by atoms with Crippen LogP contribution in [0.4, 0.5) is 11.6 Å². The van der Waals surface area contributed by atoms with Crippen molar-refractivity contribution in [1.29, 1.82) is 0 Å². The Hall–Kier alpha value is -2.43. The van der Waals surface area contributed by atoms with Gasteiger partial charge in [-0.2, -0.15) is 0 Å². The maximum Gasteiger partial charge on any atom is 0.229 e. The number of hydrogen-bond donors (Lipinski definition) is 2. The molecule has 1 aromatic carbocycles. The molecule has 1 heterocycles. The molecule has 1 aromatic heterocycles. The number of carbonyl (C=O) groups is 1. The molecule has 3 rings (SSSR count). The highest BCUT2D eigenvalue weighted by Crippen LogP contribution is 2.20. The molecule has 2 aromatic rings. The maximum atomic E-state index is 12.0. The Kier molecular flexibility index (Phi) is 5.19. The third-order valence-corrected chi connectivity index (χ3v) is 4.10. The first-order chi connectivity index (χ1) is 11.3. The highest BCUT2D eigenvalue weighted by Gasteiger charge is 2.13. The van der Waals surface area contributed by atoms with Crippen molar-refractivity contribution in [3.05, 3.63) is 48.0 Å². The van der Waals surface area contributed by atoms with Crippen molar-refractivity contribution >= 4 is 17.5 Å². The van der Waals surface area contributed by atoms with Crippen LogP contribution in [0.1, 0.15) is 37.7 Å². The van der Waals surface area contributed by atoms with Crippen LogP contribution in [0.25, 0.3) is 0 Å². The molecule has 120 valence electrons. The molecule has 1 amide bonds. The number of aromatic nitrogens is 2. The number of nitrogens with zero attached hydrogens (tertiary/aromatic N) is 2. The summed E-state index contributed by atoms with van der Waals surface area (Å²) in [6.45, 7) is 0. The summed E-state index contributed by atoms with van der Waals surface area (Å²) < 4.78 is 0. The molecule has 2 N–H and O–H groups in total. The Morgan fingerprint density at radius 2 is 1.65 bits per heavy atom. The van der Waals surface area contributed by atoms with Crippen LogP contribution in [0.15, 0.2) is 42.5 Å². The molecule has 0 atom stereocenters. The van der Waals surface area contributed by atoms with Gasteiger partial charge in [0.1, 0.15) is 5.82 Å². The van der Waals surface area contributed by atoms with E-state index in [-0.39, 0.29) is 5.91 Å². The lowest BCUT2D eigenvalue weighted by molar-refractivity contribution is -0.115. The van der Waals surface area contributed by atoms with Gasteiger partial charge in [-0.3, -0.25) is 4.79 Å². The summed E-state index contributed by atoms with van der Waals surface area (Å²) in [5, 5.41) is 14.4. The first-order valence-corrected chi connectivity index (χ1v) is 8.23. The van der Waals surface area contributed by atoms with Crippen LogP contribution < -0.4 is 10.6 Å². The number of hydrogen-bond acceptors (Lipinski definition) is 4. The topological polar surface area (TPSA) is 66.9 Å². The molecule has 1 saturated carbocycles. The predicted octanol–water partition coefficient (Wildman–Crippen LogP) is 3.40. The smallest absolute Gasteiger partial charge is 0.229 e. The quantitative estimate of drug-likeness (QED) is 0.888. The van der Waals surface area contributed by atoms with E-state index in [0.29, 0.717) is 18.3 Å². The van der Waals surface area contributed by atoms with Crippen LogP contribution in [0, 0.1) is 0 Å². The molecule has 0 aliphatic heterocycles. The van der Waals surface area contributed by atoms with E-state index < -0.39 is 0 Å². The lowest BCUT2D eigenvalue weighted by Crippen LogP contribution is -2.23. The Bertz CT molecular complexity index is 621. The predicted molar refractivity (Wildman–Crippen MR) is 91.3 cm³/mol. The van der Waals surface area contributed by atoms with Crippen LogP contribution in [0.3, 0.4) is 0 Å². The average Bonchev–Trinajstić information content (AvgIpc) is 2.58. The van der Waals surface area contributed by atoms with Crippen LogP contribution in [-0.4, -0.2) is 22.1 Å². The lowest BCUT2D eigenvalue weighted by Gasteiger charge is -2.22. The molecular weight excluding hydrogens is 288 g/mol. The molecule has 0 unspecified atom stereocenters. The van der Waals surface area contributed by atoms with Gasteiger partial charge in [-0.15, -0.1) is 10.2 Å². The summed E-state index contributed by atoms with van der Waals surface area (Å²) in [5.74, 6) is 1.18. The van der Waals surface area contributed by atoms with Crippen molar-refractivity contribution in [2.24, 2.45) is 0 Å². The zero-order chi connectivity index (χ0) is 15.9. The Morgan fingerprint density at radius 3 is 2.35 bits per heavy atom. The minimum atomic E-state index is -0.0847. The highest BCUT2D eigenvalue weighted by atomic mass is 16.1. The fourth-order valence-electron chi connectivity index (χ4n) is 2.90. The van der Waals surface area contributed by atoms with E-state index in [0.717, 1.165) is 11.4 Å². The number of nitrogens with one attached hydrogen (secondary N) is 2. The normalized spacial score (nSPS) is 15.1. The summed E-state index contributed by atoms with van der Waals surface area (Å²) in [6, 6.07) is 13.8. The van der Waals surface area contributed by atoms with Crippen molar-refractivity contribution in [3.8, 4) is 0 Å².